The molecule has 5 heteroatoms. The van der Waals surface area contributed by atoms with Crippen molar-refractivity contribution >= 4 is 23.0 Å². The predicted octanol–water partition coefficient (Wildman–Crippen LogP) is 1.92. The molecular weight excluding hydrogens is 224 g/mol. The first-order valence-corrected chi connectivity index (χ1v) is 6.16. The van der Waals surface area contributed by atoms with Crippen LogP contribution in [0.1, 0.15) is 25.1 Å². The minimum absolute atomic E-state index is 0.356. The molecule has 0 spiro atoms. The van der Waals surface area contributed by atoms with Gasteiger partial charge in [0.1, 0.15) is 6.04 Å². The van der Waals surface area contributed by atoms with Crippen molar-refractivity contribution in [3.63, 3.8) is 0 Å². The molecule has 0 bridgehead atoms. The van der Waals surface area contributed by atoms with Gasteiger partial charge in [-0.15, -0.1) is 11.3 Å². The van der Waals surface area contributed by atoms with Gasteiger partial charge >= 0.3 is 5.97 Å². The van der Waals surface area contributed by atoms with Crippen molar-refractivity contribution in [2.24, 2.45) is 5.92 Å². The highest BCUT2D eigenvalue weighted by Gasteiger charge is 2.18. The zero-order valence-corrected chi connectivity index (χ0v) is 10.4. The topological polar surface area (TPSA) is 75.3 Å². The van der Waals surface area contributed by atoms with Gasteiger partial charge in [0, 0.05) is 17.1 Å². The van der Waals surface area contributed by atoms with Gasteiger partial charge in [-0.2, -0.15) is 0 Å². The van der Waals surface area contributed by atoms with E-state index in [2.05, 4.69) is 5.32 Å². The Balaban J connectivity index is 2.50. The average Bonchev–Trinajstić information content (AvgIpc) is 2.57. The Hall–Kier alpha value is -1.07. The summed E-state index contributed by atoms with van der Waals surface area (Å²) < 4.78 is 0. The summed E-state index contributed by atoms with van der Waals surface area (Å²) in [6, 6.07) is 1.33. The van der Waals surface area contributed by atoms with Crippen LogP contribution in [0.25, 0.3) is 0 Å². The number of nitrogens with one attached hydrogen (secondary N) is 1. The fraction of sp³-hybridized carbons (Fsp3) is 0.545. The highest BCUT2D eigenvalue weighted by molar-refractivity contribution is 7.10. The second-order valence-electron chi connectivity index (χ2n) is 4.20. The summed E-state index contributed by atoms with van der Waals surface area (Å²) in [7, 11) is 0. The molecule has 0 radical (unpaired) electrons. The van der Waals surface area contributed by atoms with Crippen LogP contribution in [0.5, 0.6) is 0 Å². The standard InChI is InChI=1S/C11H18N2O2S/c1-7(2)5-9(11(14)15)13-6-10-8(12)3-4-16-10/h3-4,7,9,13H,5-6,12H2,1-2H3,(H,14,15). The molecule has 0 amide bonds. The summed E-state index contributed by atoms with van der Waals surface area (Å²) >= 11 is 1.54. The highest BCUT2D eigenvalue weighted by atomic mass is 32.1. The monoisotopic (exact) mass is 242 g/mol. The molecule has 0 saturated heterocycles. The molecule has 1 aromatic rings. The molecule has 0 aliphatic heterocycles. The van der Waals surface area contributed by atoms with Crippen molar-refractivity contribution in [1.82, 2.24) is 5.32 Å². The summed E-state index contributed by atoms with van der Waals surface area (Å²) in [5, 5.41) is 14.0. The van der Waals surface area contributed by atoms with Crippen LogP contribution < -0.4 is 11.1 Å². The lowest BCUT2D eigenvalue weighted by Gasteiger charge is -2.16. The molecule has 0 fully saturated rings. The quantitative estimate of drug-likeness (QED) is 0.712. The van der Waals surface area contributed by atoms with Gasteiger partial charge in [0.05, 0.1) is 0 Å². The fourth-order valence-electron chi connectivity index (χ4n) is 1.45. The Kier molecular flexibility index (Phi) is 4.76. The van der Waals surface area contributed by atoms with Gasteiger partial charge in [0.25, 0.3) is 0 Å². The number of carbonyl (C=O) groups is 1. The van der Waals surface area contributed by atoms with Gasteiger partial charge in [-0.25, -0.2) is 0 Å². The maximum Gasteiger partial charge on any atom is 0.320 e. The van der Waals surface area contributed by atoms with Crippen LogP contribution in [0.15, 0.2) is 11.4 Å². The lowest BCUT2D eigenvalue weighted by molar-refractivity contribution is -0.139. The van der Waals surface area contributed by atoms with Crippen LogP contribution in [0.3, 0.4) is 0 Å². The third-order valence-electron chi connectivity index (χ3n) is 2.29. The number of hydrogen-bond donors (Lipinski definition) is 3. The number of aliphatic carboxylic acids is 1. The number of thiophene rings is 1. The number of nitrogen functional groups attached to an aromatic ring is 1. The molecule has 1 rings (SSSR count). The molecule has 0 aliphatic rings. The van der Waals surface area contributed by atoms with Gasteiger partial charge in [-0.05, 0) is 23.8 Å². The van der Waals surface area contributed by atoms with Crippen molar-refractivity contribution in [1.29, 1.82) is 0 Å². The Bertz CT molecular complexity index is 350. The fourth-order valence-corrected chi connectivity index (χ4v) is 2.20. The van der Waals surface area contributed by atoms with Crippen LogP contribution in [-0.4, -0.2) is 17.1 Å². The number of anilines is 1. The third kappa shape index (κ3) is 3.83. The molecule has 4 N–H and O–H groups in total. The van der Waals surface area contributed by atoms with E-state index in [1.807, 2.05) is 25.3 Å². The van der Waals surface area contributed by atoms with E-state index in [-0.39, 0.29) is 0 Å². The van der Waals surface area contributed by atoms with E-state index in [1.165, 1.54) is 0 Å². The van der Waals surface area contributed by atoms with Crippen molar-refractivity contribution in [2.45, 2.75) is 32.9 Å². The lowest BCUT2D eigenvalue weighted by atomic mass is 10.0. The van der Waals surface area contributed by atoms with Gasteiger partial charge in [-0.1, -0.05) is 13.8 Å². The summed E-state index contributed by atoms with van der Waals surface area (Å²) in [5.74, 6) is -0.446. The average molecular weight is 242 g/mol. The Labute approximate surface area is 99.5 Å². The third-order valence-corrected chi connectivity index (χ3v) is 3.23. The summed E-state index contributed by atoms with van der Waals surface area (Å²) in [6.45, 7) is 4.54. The van der Waals surface area contributed by atoms with Crippen LogP contribution in [0.2, 0.25) is 0 Å². The molecule has 1 unspecified atom stereocenters. The van der Waals surface area contributed by atoms with Crippen molar-refractivity contribution in [2.75, 3.05) is 5.73 Å². The first-order valence-electron chi connectivity index (χ1n) is 5.28. The molecule has 16 heavy (non-hydrogen) atoms. The normalized spacial score (nSPS) is 12.9. The van der Waals surface area contributed by atoms with Crippen LogP contribution in [0, 0.1) is 5.92 Å². The van der Waals surface area contributed by atoms with Crippen molar-refractivity contribution < 1.29 is 9.90 Å². The molecule has 0 aliphatic carbocycles. The second-order valence-corrected chi connectivity index (χ2v) is 5.20. The number of carboxylic acid groups (broad SMARTS) is 1. The van der Waals surface area contributed by atoms with Crippen molar-refractivity contribution in [3.8, 4) is 0 Å². The highest BCUT2D eigenvalue weighted by Crippen LogP contribution is 2.18. The number of carboxylic acids is 1. The van der Waals surface area contributed by atoms with E-state index >= 15 is 0 Å². The van der Waals surface area contributed by atoms with E-state index in [9.17, 15) is 4.79 Å². The SMILES string of the molecule is CC(C)CC(NCc1sccc1N)C(=O)O. The van der Waals surface area contributed by atoms with Crippen LogP contribution in [-0.2, 0) is 11.3 Å². The van der Waals surface area contributed by atoms with E-state index in [0.717, 1.165) is 10.6 Å². The minimum atomic E-state index is -0.802. The van der Waals surface area contributed by atoms with Crippen LogP contribution in [0.4, 0.5) is 5.69 Å². The van der Waals surface area contributed by atoms with E-state index in [0.29, 0.717) is 18.9 Å². The Morgan fingerprint density at radius 3 is 2.75 bits per heavy atom. The van der Waals surface area contributed by atoms with Gasteiger partial charge in [0.15, 0.2) is 0 Å². The maximum atomic E-state index is 11.0. The largest absolute Gasteiger partial charge is 0.480 e. The molecule has 1 atom stereocenters. The summed E-state index contributed by atoms with van der Waals surface area (Å²) in [5.41, 5.74) is 6.46. The van der Waals surface area contributed by atoms with Crippen LogP contribution >= 0.6 is 11.3 Å². The molecule has 1 heterocycles. The van der Waals surface area contributed by atoms with Crippen molar-refractivity contribution in [3.05, 3.63) is 16.3 Å². The number of rotatable bonds is 6. The zero-order chi connectivity index (χ0) is 12.1. The first kappa shape index (κ1) is 13.0. The van der Waals surface area contributed by atoms with Gasteiger partial charge < -0.3 is 10.8 Å². The zero-order valence-electron chi connectivity index (χ0n) is 9.56. The summed E-state index contributed by atoms with van der Waals surface area (Å²) in [6.07, 6.45) is 0.626. The molecule has 0 saturated carbocycles. The molecular formula is C11H18N2O2S. The Morgan fingerprint density at radius 2 is 2.31 bits per heavy atom. The second kappa shape index (κ2) is 5.86. The molecule has 4 nitrogen and oxygen atoms in total. The first-order chi connectivity index (χ1) is 7.50. The molecule has 90 valence electrons. The smallest absolute Gasteiger partial charge is 0.320 e. The van der Waals surface area contributed by atoms with E-state index in [4.69, 9.17) is 10.8 Å². The number of hydrogen-bond acceptors (Lipinski definition) is 4. The van der Waals surface area contributed by atoms with E-state index < -0.39 is 12.0 Å². The van der Waals surface area contributed by atoms with Gasteiger partial charge in [0.2, 0.25) is 0 Å². The number of nitrogens with two attached hydrogens (primary N) is 1. The minimum Gasteiger partial charge on any atom is -0.480 e. The molecule has 1 aromatic heterocycles. The van der Waals surface area contributed by atoms with E-state index in [1.54, 1.807) is 11.3 Å². The Morgan fingerprint density at radius 1 is 1.62 bits per heavy atom. The summed E-state index contributed by atoms with van der Waals surface area (Å²) in [4.78, 5) is 12.0. The van der Waals surface area contributed by atoms with Gasteiger partial charge in [-0.3, -0.25) is 10.1 Å². The lowest BCUT2D eigenvalue weighted by Crippen LogP contribution is -2.37. The predicted molar refractivity (Wildman–Crippen MR) is 66.4 cm³/mol. The maximum absolute atomic E-state index is 11.0. The molecule has 0 aromatic carbocycles.